The molecule has 0 unspecified atom stereocenters. The average Bonchev–Trinajstić information content (AvgIpc) is 2.84. The van der Waals surface area contributed by atoms with E-state index < -0.39 is 9.84 Å². The highest BCUT2D eigenvalue weighted by atomic mass is 32.2. The highest BCUT2D eigenvalue weighted by Crippen LogP contribution is 2.20. The summed E-state index contributed by atoms with van der Waals surface area (Å²) in [6.45, 7) is 0.632. The van der Waals surface area contributed by atoms with Crippen molar-refractivity contribution in [3.8, 4) is 0 Å². The molecule has 16 heavy (non-hydrogen) atoms. The molecule has 0 N–H and O–H groups in total. The van der Waals surface area contributed by atoms with Gasteiger partial charge in [-0.05, 0) is 19.3 Å². The van der Waals surface area contributed by atoms with Gasteiger partial charge in [0.1, 0.15) is 6.10 Å². The predicted octanol–water partition coefficient (Wildman–Crippen LogP) is -0.189. The van der Waals surface area contributed by atoms with E-state index in [4.69, 9.17) is 4.74 Å². The summed E-state index contributed by atoms with van der Waals surface area (Å²) in [5.41, 5.74) is 0. The lowest BCUT2D eigenvalue weighted by Gasteiger charge is -2.25. The van der Waals surface area contributed by atoms with E-state index in [0.717, 1.165) is 12.8 Å². The maximum atomic E-state index is 11.9. The van der Waals surface area contributed by atoms with Gasteiger partial charge in [-0.1, -0.05) is 0 Å². The van der Waals surface area contributed by atoms with Gasteiger partial charge in [-0.15, -0.1) is 0 Å². The van der Waals surface area contributed by atoms with E-state index in [2.05, 4.69) is 0 Å². The van der Waals surface area contributed by atoms with E-state index >= 15 is 0 Å². The molecule has 0 aromatic rings. The summed E-state index contributed by atoms with van der Waals surface area (Å²) in [7, 11) is -1.26. The van der Waals surface area contributed by atoms with Crippen molar-refractivity contribution in [3.05, 3.63) is 0 Å². The molecule has 2 fully saturated rings. The maximum Gasteiger partial charge on any atom is 0.251 e. The molecule has 6 heteroatoms. The molecule has 2 saturated heterocycles. The molecule has 0 radical (unpaired) electrons. The topological polar surface area (TPSA) is 63.7 Å². The number of nitrogens with zero attached hydrogens (tertiary/aromatic N) is 1. The van der Waals surface area contributed by atoms with Crippen LogP contribution in [0.3, 0.4) is 0 Å². The van der Waals surface area contributed by atoms with Gasteiger partial charge in [0.25, 0.3) is 5.91 Å². The van der Waals surface area contributed by atoms with Crippen LogP contribution in [-0.4, -0.2) is 56.5 Å². The number of amides is 1. The number of hydrogen-bond acceptors (Lipinski definition) is 4. The van der Waals surface area contributed by atoms with Gasteiger partial charge in [-0.3, -0.25) is 4.79 Å². The molecule has 0 aromatic carbocycles. The van der Waals surface area contributed by atoms with Crippen LogP contribution in [-0.2, 0) is 19.4 Å². The van der Waals surface area contributed by atoms with E-state index in [0.29, 0.717) is 13.0 Å². The van der Waals surface area contributed by atoms with Crippen molar-refractivity contribution in [2.75, 3.05) is 25.2 Å². The molecule has 1 amide bonds. The number of sulfone groups is 1. The quantitative estimate of drug-likeness (QED) is 0.678. The van der Waals surface area contributed by atoms with Gasteiger partial charge in [0.05, 0.1) is 11.5 Å². The number of carbonyl (C=O) groups excluding carboxylic acids is 1. The van der Waals surface area contributed by atoms with Crippen molar-refractivity contribution in [1.82, 2.24) is 4.90 Å². The zero-order valence-electron chi connectivity index (χ0n) is 9.39. The Hall–Kier alpha value is -0.620. The van der Waals surface area contributed by atoms with Crippen molar-refractivity contribution in [1.29, 1.82) is 0 Å². The highest BCUT2D eigenvalue weighted by molar-refractivity contribution is 7.91. The second-order valence-electron chi connectivity index (χ2n) is 4.51. The van der Waals surface area contributed by atoms with Gasteiger partial charge in [0.15, 0.2) is 9.84 Å². The van der Waals surface area contributed by atoms with Crippen LogP contribution in [0.1, 0.15) is 19.3 Å². The first-order valence-corrected chi connectivity index (χ1v) is 7.40. The SMILES string of the molecule is CN(C(=O)[C@H]1CCCO1)[C@@H]1CCS(=O)(=O)C1. The van der Waals surface area contributed by atoms with Crippen LogP contribution in [0.5, 0.6) is 0 Å². The van der Waals surface area contributed by atoms with Crippen LogP contribution in [0, 0.1) is 0 Å². The molecule has 2 rings (SSSR count). The van der Waals surface area contributed by atoms with Crippen LogP contribution in [0.4, 0.5) is 0 Å². The molecule has 92 valence electrons. The molecule has 2 aliphatic rings. The van der Waals surface area contributed by atoms with Crippen LogP contribution < -0.4 is 0 Å². The molecule has 2 atom stereocenters. The number of hydrogen-bond donors (Lipinski definition) is 0. The number of carbonyl (C=O) groups is 1. The Morgan fingerprint density at radius 3 is 2.62 bits per heavy atom. The Morgan fingerprint density at radius 2 is 2.12 bits per heavy atom. The molecule has 0 aromatic heterocycles. The third-order valence-corrected chi connectivity index (χ3v) is 5.06. The lowest BCUT2D eigenvalue weighted by Crippen LogP contribution is -2.43. The van der Waals surface area contributed by atoms with Gasteiger partial charge < -0.3 is 9.64 Å². The standard InChI is InChI=1S/C10H17NO4S/c1-11(8-4-6-16(13,14)7-8)10(12)9-3-2-5-15-9/h8-9H,2-7H2,1H3/t8-,9-/m1/s1. The molecular weight excluding hydrogens is 230 g/mol. The van der Waals surface area contributed by atoms with Crippen molar-refractivity contribution in [2.45, 2.75) is 31.4 Å². The first kappa shape index (κ1) is 11.9. The summed E-state index contributed by atoms with van der Waals surface area (Å²) in [6, 6.07) is -0.165. The summed E-state index contributed by atoms with van der Waals surface area (Å²) in [4.78, 5) is 13.5. The largest absolute Gasteiger partial charge is 0.368 e. The Kier molecular flexibility index (Phi) is 3.21. The smallest absolute Gasteiger partial charge is 0.251 e. The van der Waals surface area contributed by atoms with Crippen LogP contribution in [0.25, 0.3) is 0 Å². The second-order valence-corrected chi connectivity index (χ2v) is 6.74. The fourth-order valence-electron chi connectivity index (χ4n) is 2.26. The summed E-state index contributed by atoms with van der Waals surface area (Å²) in [5, 5.41) is 0. The molecule has 2 heterocycles. The third kappa shape index (κ3) is 2.38. The molecular formula is C10H17NO4S. The van der Waals surface area contributed by atoms with Gasteiger partial charge in [0.2, 0.25) is 0 Å². The molecule has 0 bridgehead atoms. The van der Waals surface area contributed by atoms with Crippen LogP contribution in [0.15, 0.2) is 0 Å². The first-order valence-electron chi connectivity index (χ1n) is 5.58. The second kappa shape index (κ2) is 4.33. The molecule has 0 spiro atoms. The van der Waals surface area contributed by atoms with Crippen LogP contribution in [0.2, 0.25) is 0 Å². The minimum absolute atomic E-state index is 0.0698. The summed E-state index contributed by atoms with van der Waals surface area (Å²) in [5.74, 6) is 0.225. The number of likely N-dealkylation sites (N-methyl/N-ethyl adjacent to an activating group) is 1. The predicted molar refractivity (Wildman–Crippen MR) is 58.8 cm³/mol. The van der Waals surface area contributed by atoms with E-state index in [1.807, 2.05) is 0 Å². The van der Waals surface area contributed by atoms with E-state index in [-0.39, 0.29) is 29.6 Å². The van der Waals surface area contributed by atoms with Crippen molar-refractivity contribution < 1.29 is 17.9 Å². The molecule has 0 aliphatic carbocycles. The summed E-state index contributed by atoms with van der Waals surface area (Å²) in [6.07, 6.45) is 1.86. The molecule has 2 aliphatic heterocycles. The van der Waals surface area contributed by atoms with Gasteiger partial charge in [0, 0.05) is 19.7 Å². The Balaban J connectivity index is 1.97. The van der Waals surface area contributed by atoms with E-state index in [1.165, 1.54) is 0 Å². The van der Waals surface area contributed by atoms with E-state index in [1.54, 1.807) is 11.9 Å². The average molecular weight is 247 g/mol. The molecule has 0 saturated carbocycles. The summed E-state index contributed by atoms with van der Waals surface area (Å²) >= 11 is 0. The molecule has 5 nitrogen and oxygen atoms in total. The minimum atomic E-state index is -2.93. The zero-order valence-corrected chi connectivity index (χ0v) is 10.2. The van der Waals surface area contributed by atoms with Gasteiger partial charge >= 0.3 is 0 Å². The lowest BCUT2D eigenvalue weighted by atomic mass is 10.1. The fraction of sp³-hybridized carbons (Fsp3) is 0.900. The minimum Gasteiger partial charge on any atom is -0.368 e. The fourth-order valence-corrected chi connectivity index (χ4v) is 4.03. The van der Waals surface area contributed by atoms with Gasteiger partial charge in [-0.2, -0.15) is 0 Å². The first-order chi connectivity index (χ1) is 7.49. The maximum absolute atomic E-state index is 11.9. The third-order valence-electron chi connectivity index (χ3n) is 3.31. The van der Waals surface area contributed by atoms with Gasteiger partial charge in [-0.25, -0.2) is 8.42 Å². The Morgan fingerprint density at radius 1 is 1.38 bits per heavy atom. The highest BCUT2D eigenvalue weighted by Gasteiger charge is 2.36. The zero-order chi connectivity index (χ0) is 11.8. The van der Waals surface area contributed by atoms with Crippen molar-refractivity contribution >= 4 is 15.7 Å². The van der Waals surface area contributed by atoms with Crippen molar-refractivity contribution in [3.63, 3.8) is 0 Å². The van der Waals surface area contributed by atoms with E-state index in [9.17, 15) is 13.2 Å². The normalized spacial score (nSPS) is 32.8. The summed E-state index contributed by atoms with van der Waals surface area (Å²) < 4.78 is 27.9. The van der Waals surface area contributed by atoms with Crippen molar-refractivity contribution in [2.24, 2.45) is 0 Å². The number of ether oxygens (including phenoxy) is 1. The lowest BCUT2D eigenvalue weighted by molar-refractivity contribution is -0.141. The monoisotopic (exact) mass is 247 g/mol. The van der Waals surface area contributed by atoms with Crippen LogP contribution >= 0.6 is 0 Å². The number of rotatable bonds is 2. The Labute approximate surface area is 95.7 Å². The Bertz CT molecular complexity index is 372.